The lowest BCUT2D eigenvalue weighted by Gasteiger charge is -2.15. The van der Waals surface area contributed by atoms with Gasteiger partial charge in [-0.25, -0.2) is 0 Å². The highest BCUT2D eigenvalue weighted by Gasteiger charge is 2.00. The van der Waals surface area contributed by atoms with Crippen LogP contribution in [0.1, 0.15) is 44.4 Å². The Balaban J connectivity index is 1.88. The van der Waals surface area contributed by atoms with Crippen molar-refractivity contribution in [1.29, 1.82) is 0 Å². The molecule has 1 aromatic rings. The summed E-state index contributed by atoms with van der Waals surface area (Å²) >= 11 is 1.87. The van der Waals surface area contributed by atoms with Crippen LogP contribution in [0.25, 0.3) is 0 Å². The molecule has 2 nitrogen and oxygen atoms in total. The van der Waals surface area contributed by atoms with E-state index in [0.717, 1.165) is 0 Å². The third kappa shape index (κ3) is 9.20. The highest BCUT2D eigenvalue weighted by Crippen LogP contribution is 2.09. The molecule has 0 atom stereocenters. The van der Waals surface area contributed by atoms with Crippen LogP contribution in [0.5, 0.6) is 0 Å². The molecule has 0 aliphatic rings. The van der Waals surface area contributed by atoms with Crippen LogP contribution in [-0.4, -0.2) is 37.6 Å². The maximum Gasteiger partial charge on any atom is 0.00579 e. The van der Waals surface area contributed by atoms with E-state index in [9.17, 15) is 0 Å². The molecule has 110 valence electrons. The van der Waals surface area contributed by atoms with Gasteiger partial charge in [0.05, 0.1) is 0 Å². The van der Waals surface area contributed by atoms with E-state index in [1.807, 2.05) is 11.3 Å². The molecule has 1 aromatic heterocycles. The van der Waals surface area contributed by atoms with Crippen molar-refractivity contribution in [3.05, 3.63) is 22.4 Å². The van der Waals surface area contributed by atoms with Crippen molar-refractivity contribution in [3.8, 4) is 0 Å². The summed E-state index contributed by atoms with van der Waals surface area (Å²) in [6.45, 7) is 8.02. The molecule has 3 heteroatoms. The molecule has 1 N–H and O–H groups in total. The van der Waals surface area contributed by atoms with Gasteiger partial charge in [0.25, 0.3) is 0 Å². The molecule has 0 aliphatic heterocycles. The first-order valence-corrected chi connectivity index (χ1v) is 8.50. The van der Waals surface area contributed by atoms with E-state index < -0.39 is 0 Å². The molecule has 0 saturated heterocycles. The van der Waals surface area contributed by atoms with Gasteiger partial charge in [-0.2, -0.15) is 0 Å². The van der Waals surface area contributed by atoms with Crippen LogP contribution in [0.4, 0.5) is 0 Å². The van der Waals surface area contributed by atoms with Crippen LogP contribution in [0.3, 0.4) is 0 Å². The first kappa shape index (κ1) is 16.7. The zero-order valence-corrected chi connectivity index (χ0v) is 13.6. The summed E-state index contributed by atoms with van der Waals surface area (Å²) in [5.41, 5.74) is 0. The summed E-state index contributed by atoms with van der Waals surface area (Å²) in [5, 5.41) is 5.64. The van der Waals surface area contributed by atoms with Gasteiger partial charge in [0.15, 0.2) is 0 Å². The first-order valence-electron chi connectivity index (χ1n) is 7.63. The number of unbranched alkanes of at least 4 members (excludes halogenated alkanes) is 3. The quantitative estimate of drug-likeness (QED) is 0.621. The van der Waals surface area contributed by atoms with Crippen LogP contribution < -0.4 is 5.32 Å². The van der Waals surface area contributed by atoms with Crippen LogP contribution in [0, 0.1) is 0 Å². The summed E-state index contributed by atoms with van der Waals surface area (Å²) in [7, 11) is 2.24. The zero-order valence-electron chi connectivity index (χ0n) is 12.8. The van der Waals surface area contributed by atoms with Gasteiger partial charge < -0.3 is 10.2 Å². The molecule has 0 aromatic carbocycles. The number of likely N-dealkylation sites (N-methyl/N-ethyl adjacent to an activating group) is 1. The van der Waals surface area contributed by atoms with Crippen LogP contribution in [-0.2, 0) is 6.42 Å². The number of nitrogens with zero attached hydrogens (tertiary/aromatic N) is 1. The van der Waals surface area contributed by atoms with Crippen molar-refractivity contribution in [1.82, 2.24) is 10.2 Å². The highest BCUT2D eigenvalue weighted by atomic mass is 32.1. The second-order valence-corrected chi connectivity index (χ2v) is 6.69. The van der Waals surface area contributed by atoms with E-state index in [4.69, 9.17) is 0 Å². The number of hydrogen-bond donors (Lipinski definition) is 1. The lowest BCUT2D eigenvalue weighted by Crippen LogP contribution is -2.24. The normalized spacial score (nSPS) is 11.6. The Morgan fingerprint density at radius 3 is 2.63 bits per heavy atom. The average molecular weight is 282 g/mol. The highest BCUT2D eigenvalue weighted by molar-refractivity contribution is 7.09. The molecule has 1 heterocycles. The molecular weight excluding hydrogens is 252 g/mol. The molecule has 0 bridgehead atoms. The molecule has 0 radical (unpaired) electrons. The minimum absolute atomic E-state index is 0.628. The second-order valence-electron chi connectivity index (χ2n) is 5.66. The van der Waals surface area contributed by atoms with Gasteiger partial charge in [0.2, 0.25) is 0 Å². The molecule has 0 unspecified atom stereocenters. The molecule has 0 fully saturated rings. The van der Waals surface area contributed by atoms with E-state index in [0.29, 0.717) is 6.04 Å². The van der Waals surface area contributed by atoms with Crippen LogP contribution >= 0.6 is 11.3 Å². The predicted molar refractivity (Wildman–Crippen MR) is 87.1 cm³/mol. The van der Waals surface area contributed by atoms with Crippen molar-refractivity contribution >= 4 is 11.3 Å². The van der Waals surface area contributed by atoms with Crippen LogP contribution in [0.2, 0.25) is 0 Å². The largest absolute Gasteiger partial charge is 0.315 e. The third-order valence-corrected chi connectivity index (χ3v) is 4.28. The lowest BCUT2D eigenvalue weighted by molar-refractivity contribution is 0.328. The first-order chi connectivity index (χ1) is 9.18. The predicted octanol–water partition coefficient (Wildman–Crippen LogP) is 3.78. The van der Waals surface area contributed by atoms with Crippen molar-refractivity contribution in [2.45, 2.75) is 52.0 Å². The Bertz CT molecular complexity index is 296. The Labute approximate surface area is 123 Å². The smallest absolute Gasteiger partial charge is 0.00579 e. The SMILES string of the molecule is CC(C)NCCCCCCN(C)CCc1cccs1. The fourth-order valence-electron chi connectivity index (χ4n) is 2.12. The van der Waals surface area contributed by atoms with E-state index in [-0.39, 0.29) is 0 Å². The lowest BCUT2D eigenvalue weighted by atomic mass is 10.2. The molecule has 1 rings (SSSR count). The Morgan fingerprint density at radius 1 is 1.16 bits per heavy atom. The average Bonchev–Trinajstić information content (AvgIpc) is 2.88. The summed E-state index contributed by atoms with van der Waals surface area (Å²) < 4.78 is 0. The monoisotopic (exact) mass is 282 g/mol. The van der Waals surface area contributed by atoms with Gasteiger partial charge >= 0.3 is 0 Å². The molecule has 0 spiro atoms. The Morgan fingerprint density at radius 2 is 1.95 bits per heavy atom. The van der Waals surface area contributed by atoms with Gasteiger partial charge in [-0.3, -0.25) is 0 Å². The summed E-state index contributed by atoms with van der Waals surface area (Å²) in [5.74, 6) is 0. The Hall–Kier alpha value is -0.380. The van der Waals surface area contributed by atoms with Gasteiger partial charge in [-0.05, 0) is 50.8 Å². The Kier molecular flexibility index (Phi) is 9.14. The zero-order chi connectivity index (χ0) is 13.9. The standard InChI is InChI=1S/C16H30N2S/c1-15(2)17-11-6-4-5-7-12-18(3)13-10-16-9-8-14-19-16/h8-9,14-15,17H,4-7,10-13H2,1-3H3. The topological polar surface area (TPSA) is 15.3 Å². The maximum atomic E-state index is 3.47. The molecule has 0 aliphatic carbocycles. The minimum atomic E-state index is 0.628. The summed E-state index contributed by atoms with van der Waals surface area (Å²) in [6, 6.07) is 5.01. The molecule has 0 saturated carbocycles. The van der Waals surface area contributed by atoms with Gasteiger partial charge in [-0.1, -0.05) is 32.8 Å². The van der Waals surface area contributed by atoms with E-state index in [1.54, 1.807) is 0 Å². The van der Waals surface area contributed by atoms with Gasteiger partial charge in [0.1, 0.15) is 0 Å². The third-order valence-electron chi connectivity index (χ3n) is 3.34. The number of thiophene rings is 1. The molecular formula is C16H30N2S. The maximum absolute atomic E-state index is 3.47. The minimum Gasteiger partial charge on any atom is -0.315 e. The number of hydrogen-bond acceptors (Lipinski definition) is 3. The fraction of sp³-hybridized carbons (Fsp3) is 0.750. The van der Waals surface area contributed by atoms with Crippen molar-refractivity contribution in [3.63, 3.8) is 0 Å². The van der Waals surface area contributed by atoms with Gasteiger partial charge in [-0.15, -0.1) is 11.3 Å². The number of nitrogens with one attached hydrogen (secondary N) is 1. The number of rotatable bonds is 11. The molecule has 19 heavy (non-hydrogen) atoms. The van der Waals surface area contributed by atoms with Crippen molar-refractivity contribution < 1.29 is 0 Å². The van der Waals surface area contributed by atoms with E-state index >= 15 is 0 Å². The van der Waals surface area contributed by atoms with E-state index in [2.05, 4.69) is 48.6 Å². The summed E-state index contributed by atoms with van der Waals surface area (Å²) in [6.07, 6.45) is 6.58. The van der Waals surface area contributed by atoms with Gasteiger partial charge in [0, 0.05) is 17.5 Å². The summed E-state index contributed by atoms with van der Waals surface area (Å²) in [4.78, 5) is 3.97. The van der Waals surface area contributed by atoms with E-state index in [1.165, 1.54) is 56.6 Å². The van der Waals surface area contributed by atoms with Crippen molar-refractivity contribution in [2.75, 3.05) is 26.7 Å². The molecule has 0 amide bonds. The fourth-order valence-corrected chi connectivity index (χ4v) is 2.82. The second kappa shape index (κ2) is 10.4. The van der Waals surface area contributed by atoms with Crippen molar-refractivity contribution in [2.24, 2.45) is 0 Å². The van der Waals surface area contributed by atoms with Crippen LogP contribution in [0.15, 0.2) is 17.5 Å².